The van der Waals surface area contributed by atoms with Gasteiger partial charge in [-0.1, -0.05) is 29.4 Å². The number of hydrogen-bond donors (Lipinski definition) is 5. The Morgan fingerprint density at radius 2 is 1.82 bits per heavy atom. The zero-order chi connectivity index (χ0) is 25.5. The highest BCUT2D eigenvalue weighted by Crippen LogP contribution is 2.46. The number of carboxylic acids is 1. The predicted octanol–water partition coefficient (Wildman–Crippen LogP) is 1.97. The van der Waals surface area contributed by atoms with Crippen LogP contribution in [0, 0.1) is 5.41 Å². The average Bonchev–Trinajstić information content (AvgIpc) is 3.18. The number of benzene rings is 1. The van der Waals surface area contributed by atoms with Gasteiger partial charge in [0.15, 0.2) is 0 Å². The van der Waals surface area contributed by atoms with Gasteiger partial charge in [-0.2, -0.15) is 0 Å². The Balaban J connectivity index is 1.89. The molecule has 0 aliphatic carbocycles. The molecule has 1 aliphatic rings. The third-order valence-electron chi connectivity index (χ3n) is 4.49. The summed E-state index contributed by atoms with van der Waals surface area (Å²) in [5, 5.41) is 25.9. The molecule has 0 saturated heterocycles. The molecule has 1 aliphatic heterocycles. The highest BCUT2D eigenvalue weighted by Gasteiger charge is 2.34. The van der Waals surface area contributed by atoms with Crippen LogP contribution in [0.5, 0.6) is 0 Å². The standard InChI is InChI=1S/C21H32N5O7P/c1-12(2)32-34(30,33-13(3)4)26-18(21(28)29)11-24-19(27)10-16-9-17(25-31-16)14-5-7-15(8-6-14)20(22)23/h5-8,12-13,16,18H,9-11H2,1-4H3,(H3,22,23)(H,24,27)(H,26,30)(H,28,29). The Kier molecular flexibility index (Phi) is 9.75. The van der Waals surface area contributed by atoms with Crippen LogP contribution >= 0.6 is 7.75 Å². The molecule has 0 saturated carbocycles. The minimum Gasteiger partial charge on any atom is -0.480 e. The summed E-state index contributed by atoms with van der Waals surface area (Å²) in [5.41, 5.74) is 7.47. The minimum absolute atomic E-state index is 0.0391. The van der Waals surface area contributed by atoms with Crippen molar-refractivity contribution in [2.24, 2.45) is 10.9 Å². The molecule has 1 amide bonds. The highest BCUT2D eigenvalue weighted by molar-refractivity contribution is 7.51. The number of amides is 1. The second kappa shape index (κ2) is 12.1. The van der Waals surface area contributed by atoms with Gasteiger partial charge in [0.05, 0.1) is 24.3 Å². The van der Waals surface area contributed by atoms with Crippen molar-refractivity contribution in [2.45, 2.75) is 64.9 Å². The Bertz CT molecular complexity index is 951. The molecule has 1 aromatic rings. The van der Waals surface area contributed by atoms with Crippen molar-refractivity contribution in [2.75, 3.05) is 6.54 Å². The van der Waals surface area contributed by atoms with Crippen molar-refractivity contribution in [1.29, 1.82) is 5.41 Å². The molecule has 13 heteroatoms. The average molecular weight is 497 g/mol. The summed E-state index contributed by atoms with van der Waals surface area (Å²) < 4.78 is 23.5. The molecular weight excluding hydrogens is 465 g/mol. The number of rotatable bonds is 13. The summed E-state index contributed by atoms with van der Waals surface area (Å²) in [4.78, 5) is 29.4. The van der Waals surface area contributed by atoms with E-state index >= 15 is 0 Å². The minimum atomic E-state index is -3.93. The van der Waals surface area contributed by atoms with Crippen molar-refractivity contribution >= 4 is 31.2 Å². The summed E-state index contributed by atoms with van der Waals surface area (Å²) in [7, 11) is -3.93. The molecule has 0 bridgehead atoms. The van der Waals surface area contributed by atoms with Gasteiger partial charge in [-0.15, -0.1) is 0 Å². The molecule has 0 radical (unpaired) electrons. The monoisotopic (exact) mass is 497 g/mol. The Morgan fingerprint density at radius 3 is 2.32 bits per heavy atom. The summed E-state index contributed by atoms with van der Waals surface area (Å²) in [6.45, 7) is 6.24. The summed E-state index contributed by atoms with van der Waals surface area (Å²) in [6.07, 6.45) is -1.14. The van der Waals surface area contributed by atoms with Gasteiger partial charge in [-0.05, 0) is 33.3 Å². The molecule has 0 fully saturated rings. The van der Waals surface area contributed by atoms with E-state index in [2.05, 4.69) is 15.6 Å². The van der Waals surface area contributed by atoms with Gasteiger partial charge < -0.3 is 21.0 Å². The number of amidine groups is 1. The second-order valence-corrected chi connectivity index (χ2v) is 9.97. The second-order valence-electron chi connectivity index (χ2n) is 8.29. The SMILES string of the molecule is CC(C)OP(=O)(NC(CNC(=O)CC1CC(c2ccc(C(=N)N)cc2)=NO1)C(=O)O)OC(C)C. The molecule has 0 spiro atoms. The Morgan fingerprint density at radius 1 is 1.24 bits per heavy atom. The van der Waals surface area contributed by atoms with Crippen molar-refractivity contribution in [1.82, 2.24) is 10.4 Å². The maximum atomic E-state index is 12.9. The van der Waals surface area contributed by atoms with Gasteiger partial charge >= 0.3 is 13.7 Å². The van der Waals surface area contributed by atoms with Crippen LogP contribution in [-0.2, 0) is 28.0 Å². The van der Waals surface area contributed by atoms with Crippen molar-refractivity contribution in [3.05, 3.63) is 35.4 Å². The van der Waals surface area contributed by atoms with Gasteiger partial charge in [-0.25, -0.2) is 9.65 Å². The van der Waals surface area contributed by atoms with Gasteiger partial charge in [0.1, 0.15) is 18.0 Å². The highest BCUT2D eigenvalue weighted by atomic mass is 31.2. The van der Waals surface area contributed by atoms with Crippen LogP contribution in [0.2, 0.25) is 0 Å². The summed E-state index contributed by atoms with van der Waals surface area (Å²) >= 11 is 0. The van der Waals surface area contributed by atoms with Crippen LogP contribution in [0.4, 0.5) is 0 Å². The van der Waals surface area contributed by atoms with E-state index in [-0.39, 0.29) is 18.8 Å². The topological polar surface area (TPSA) is 185 Å². The number of carboxylic acid groups (broad SMARTS) is 1. The lowest BCUT2D eigenvalue weighted by Crippen LogP contribution is -2.46. The smallest absolute Gasteiger partial charge is 0.406 e. The van der Waals surface area contributed by atoms with Crippen LogP contribution < -0.4 is 16.1 Å². The number of aliphatic carboxylic acids is 1. The quantitative estimate of drug-likeness (QED) is 0.154. The lowest BCUT2D eigenvalue weighted by Gasteiger charge is -2.26. The number of hydrogen-bond acceptors (Lipinski definition) is 8. The fourth-order valence-corrected chi connectivity index (χ4v) is 4.93. The van der Waals surface area contributed by atoms with Crippen molar-refractivity contribution in [3.8, 4) is 0 Å². The molecule has 2 atom stereocenters. The van der Waals surface area contributed by atoms with E-state index in [9.17, 15) is 19.3 Å². The van der Waals surface area contributed by atoms with E-state index in [1.165, 1.54) is 0 Å². The van der Waals surface area contributed by atoms with E-state index in [1.807, 2.05) is 0 Å². The van der Waals surface area contributed by atoms with E-state index in [0.717, 1.165) is 5.56 Å². The largest absolute Gasteiger partial charge is 0.480 e. The third-order valence-corrected chi connectivity index (χ3v) is 6.52. The van der Waals surface area contributed by atoms with Crippen molar-refractivity contribution in [3.63, 3.8) is 0 Å². The maximum Gasteiger partial charge on any atom is 0.406 e. The predicted molar refractivity (Wildman–Crippen MR) is 126 cm³/mol. The molecule has 6 N–H and O–H groups in total. The fraction of sp³-hybridized carbons (Fsp3) is 0.524. The van der Waals surface area contributed by atoms with E-state index in [4.69, 9.17) is 25.0 Å². The van der Waals surface area contributed by atoms with Crippen LogP contribution in [0.1, 0.15) is 51.7 Å². The van der Waals surface area contributed by atoms with Crippen LogP contribution in [0.15, 0.2) is 29.4 Å². The number of carbonyl (C=O) groups excluding carboxylic acids is 1. The van der Waals surface area contributed by atoms with E-state index in [1.54, 1.807) is 52.0 Å². The zero-order valence-electron chi connectivity index (χ0n) is 19.6. The molecule has 1 aromatic carbocycles. The van der Waals surface area contributed by atoms with Crippen LogP contribution in [0.3, 0.4) is 0 Å². The van der Waals surface area contributed by atoms with Crippen molar-refractivity contribution < 1.29 is 33.1 Å². The molecule has 2 unspecified atom stereocenters. The number of nitrogens with zero attached hydrogens (tertiary/aromatic N) is 1. The third kappa shape index (κ3) is 8.53. The molecule has 34 heavy (non-hydrogen) atoms. The first-order valence-corrected chi connectivity index (χ1v) is 12.3. The van der Waals surface area contributed by atoms with Gasteiger partial charge in [-0.3, -0.25) is 24.0 Å². The Hall–Kier alpha value is -2.79. The van der Waals surface area contributed by atoms with E-state index in [0.29, 0.717) is 17.7 Å². The van der Waals surface area contributed by atoms with Gasteiger partial charge in [0.2, 0.25) is 5.91 Å². The molecule has 0 aromatic heterocycles. The van der Waals surface area contributed by atoms with Gasteiger partial charge in [0, 0.05) is 18.5 Å². The number of nitrogens with one attached hydrogen (secondary N) is 3. The molecule has 1 heterocycles. The van der Waals surface area contributed by atoms with Crippen LogP contribution in [-0.4, -0.2) is 59.4 Å². The first kappa shape index (κ1) is 27.5. The molecular formula is C21H32N5O7P. The lowest BCUT2D eigenvalue weighted by atomic mass is 10.0. The summed E-state index contributed by atoms with van der Waals surface area (Å²) in [5.74, 6) is -1.81. The first-order valence-electron chi connectivity index (χ1n) is 10.8. The maximum absolute atomic E-state index is 12.9. The number of oxime groups is 1. The zero-order valence-corrected chi connectivity index (χ0v) is 20.5. The van der Waals surface area contributed by atoms with Gasteiger partial charge in [0.25, 0.3) is 0 Å². The number of carbonyl (C=O) groups is 2. The Labute approximate surface area is 198 Å². The molecule has 2 rings (SSSR count). The fourth-order valence-electron chi connectivity index (χ4n) is 3.07. The van der Waals surface area contributed by atoms with E-state index < -0.39 is 44.0 Å². The van der Waals surface area contributed by atoms with Crippen LogP contribution in [0.25, 0.3) is 0 Å². The number of nitrogen functional groups attached to an aromatic ring is 1. The first-order chi connectivity index (χ1) is 15.9. The lowest BCUT2D eigenvalue weighted by molar-refractivity contribution is -0.139. The number of nitrogens with two attached hydrogens (primary N) is 1. The molecule has 188 valence electrons. The summed E-state index contributed by atoms with van der Waals surface area (Å²) in [6, 6.07) is 5.53. The molecule has 12 nitrogen and oxygen atoms in total. The normalized spacial score (nSPS) is 16.8.